The van der Waals surface area contributed by atoms with Crippen molar-refractivity contribution >= 4 is 39.5 Å². The molecule has 3 N–H and O–H groups in total. The first-order valence-corrected chi connectivity index (χ1v) is 42.1. The molecule has 2 unspecified atom stereocenters. The molecule has 0 saturated heterocycles. The first-order chi connectivity index (χ1) is 48.7. The van der Waals surface area contributed by atoms with Gasteiger partial charge >= 0.3 is 39.5 Å². The van der Waals surface area contributed by atoms with E-state index in [1.807, 2.05) is 24.3 Å². The van der Waals surface area contributed by atoms with Gasteiger partial charge in [-0.15, -0.1) is 0 Å². The zero-order chi connectivity index (χ0) is 73.2. The van der Waals surface area contributed by atoms with Gasteiger partial charge in [0.1, 0.15) is 19.3 Å². The number of unbranched alkanes of at least 4 members (excludes halogenated alkanes) is 29. The van der Waals surface area contributed by atoms with Crippen LogP contribution in [0.15, 0.2) is 109 Å². The van der Waals surface area contributed by atoms with Crippen LogP contribution in [0.2, 0.25) is 0 Å². The zero-order valence-corrected chi connectivity index (χ0v) is 64.6. The molecule has 0 heterocycles. The second kappa shape index (κ2) is 73.0. The quantitative estimate of drug-likeness (QED) is 0.0169. The summed E-state index contributed by atoms with van der Waals surface area (Å²) in [5.74, 6) is -2.30. The van der Waals surface area contributed by atoms with Crippen LogP contribution in [0.4, 0.5) is 0 Å². The molecule has 0 aromatic carbocycles. The Hall–Kier alpha value is -4.28. The summed E-state index contributed by atoms with van der Waals surface area (Å²) in [6, 6.07) is 0. The Morgan fingerprint density at radius 3 is 0.840 bits per heavy atom. The predicted octanol–water partition coefficient (Wildman–Crippen LogP) is 22.6. The predicted molar refractivity (Wildman–Crippen MR) is 408 cm³/mol. The molecule has 576 valence electrons. The van der Waals surface area contributed by atoms with Crippen molar-refractivity contribution < 1.29 is 80.2 Å². The number of phosphoric acid groups is 2. The van der Waals surface area contributed by atoms with E-state index in [0.717, 1.165) is 116 Å². The maximum atomic E-state index is 13.1. The summed E-state index contributed by atoms with van der Waals surface area (Å²) in [4.78, 5) is 72.8. The van der Waals surface area contributed by atoms with Crippen molar-refractivity contribution in [3.63, 3.8) is 0 Å². The van der Waals surface area contributed by atoms with Crippen LogP contribution in [0.25, 0.3) is 0 Å². The van der Waals surface area contributed by atoms with Crippen molar-refractivity contribution in [3.8, 4) is 0 Å². The van der Waals surface area contributed by atoms with E-state index in [-0.39, 0.29) is 25.7 Å². The highest BCUT2D eigenvalue weighted by molar-refractivity contribution is 7.47. The highest BCUT2D eigenvalue weighted by Gasteiger charge is 2.30. The van der Waals surface area contributed by atoms with Crippen LogP contribution < -0.4 is 0 Å². The molecule has 0 aliphatic rings. The van der Waals surface area contributed by atoms with E-state index in [4.69, 9.17) is 37.0 Å². The normalized spacial score (nSPS) is 14.5. The van der Waals surface area contributed by atoms with E-state index < -0.39 is 97.5 Å². The van der Waals surface area contributed by atoms with Gasteiger partial charge in [0.25, 0.3) is 0 Å². The molecule has 5 atom stereocenters. The Morgan fingerprint density at radius 2 is 0.500 bits per heavy atom. The average molecular weight is 1450 g/mol. The van der Waals surface area contributed by atoms with Crippen LogP contribution in [-0.4, -0.2) is 96.7 Å². The summed E-state index contributed by atoms with van der Waals surface area (Å²) in [5, 5.41) is 10.6. The number of carbonyl (C=O) groups is 4. The van der Waals surface area contributed by atoms with Gasteiger partial charge in [0.2, 0.25) is 0 Å². The number of aliphatic hydroxyl groups excluding tert-OH is 1. The smallest absolute Gasteiger partial charge is 0.462 e. The molecular formula is C81H140O17P2. The van der Waals surface area contributed by atoms with Crippen LogP contribution >= 0.6 is 15.6 Å². The summed E-state index contributed by atoms with van der Waals surface area (Å²) in [5.41, 5.74) is 0. The first kappa shape index (κ1) is 95.7. The van der Waals surface area contributed by atoms with Crippen LogP contribution in [0.5, 0.6) is 0 Å². The van der Waals surface area contributed by atoms with E-state index in [1.54, 1.807) is 0 Å². The standard InChI is InChI=1S/C81H140O17P2/c1-5-9-13-17-21-25-29-33-35-37-39-43-46-50-54-58-62-66-79(84)92-72-76(97-80(85)67-63-59-55-51-47-42-32-28-24-20-16-12-8-4)73-95-99(87,88)93-69-75(82)70-94-100(89,90)96-74-77(71-91-78(83)65-61-57-53-49-45-41-31-27-23-19-15-11-7-3)98-81(86)68-64-60-56-52-48-44-40-38-36-34-30-26-22-18-14-10-6-2/h21-22,25-27,31,33-36,39-40,43-44,50,52,54,56,75-77,82H,5-20,23-24,28-30,32,37-38,41-42,45-49,51,53,55,57-74H2,1-4H3,(H,87,88)(H,89,90)/b25-21-,26-22-,31-27-,35-33-,36-34-,43-39-,44-40-,54-50-,56-52-/t75-,76-,77-/m1/s1. The van der Waals surface area contributed by atoms with Crippen molar-refractivity contribution in [2.75, 3.05) is 39.6 Å². The molecule has 0 aliphatic heterocycles. The maximum Gasteiger partial charge on any atom is 0.472 e. The second-order valence-corrected chi connectivity index (χ2v) is 28.9. The highest BCUT2D eigenvalue weighted by Crippen LogP contribution is 2.45. The van der Waals surface area contributed by atoms with Gasteiger partial charge in [0.15, 0.2) is 12.2 Å². The lowest BCUT2D eigenvalue weighted by molar-refractivity contribution is -0.161. The number of aliphatic hydroxyl groups is 1. The third-order valence-corrected chi connectivity index (χ3v) is 18.1. The monoisotopic (exact) mass is 1450 g/mol. The number of esters is 4. The lowest BCUT2D eigenvalue weighted by Gasteiger charge is -2.21. The third kappa shape index (κ3) is 72.1. The Morgan fingerprint density at radius 1 is 0.280 bits per heavy atom. The van der Waals surface area contributed by atoms with E-state index >= 15 is 0 Å². The Labute approximate surface area is 607 Å². The minimum atomic E-state index is -4.99. The second-order valence-electron chi connectivity index (χ2n) is 25.9. The number of hydrogen-bond donors (Lipinski definition) is 3. The van der Waals surface area contributed by atoms with Crippen molar-refractivity contribution in [3.05, 3.63) is 109 Å². The van der Waals surface area contributed by atoms with Gasteiger partial charge in [0.05, 0.1) is 26.4 Å². The lowest BCUT2D eigenvalue weighted by Crippen LogP contribution is -2.30. The maximum absolute atomic E-state index is 13.1. The molecule has 0 fully saturated rings. The molecule has 0 aliphatic carbocycles. The molecule has 100 heavy (non-hydrogen) atoms. The number of rotatable bonds is 73. The zero-order valence-electron chi connectivity index (χ0n) is 62.8. The van der Waals surface area contributed by atoms with E-state index in [2.05, 4.69) is 113 Å². The molecule has 0 aromatic rings. The summed E-state index contributed by atoms with van der Waals surface area (Å²) >= 11 is 0. The average Bonchev–Trinajstić information content (AvgIpc) is 1.93. The van der Waals surface area contributed by atoms with Gasteiger partial charge < -0.3 is 33.8 Å². The van der Waals surface area contributed by atoms with Gasteiger partial charge in [-0.25, -0.2) is 9.13 Å². The van der Waals surface area contributed by atoms with Crippen molar-refractivity contribution in [2.24, 2.45) is 0 Å². The van der Waals surface area contributed by atoms with E-state index in [1.165, 1.54) is 116 Å². The van der Waals surface area contributed by atoms with Crippen LogP contribution in [0, 0.1) is 0 Å². The number of ether oxygens (including phenoxy) is 4. The number of allylic oxidation sites excluding steroid dienone is 18. The van der Waals surface area contributed by atoms with Crippen LogP contribution in [-0.2, 0) is 65.4 Å². The van der Waals surface area contributed by atoms with Crippen molar-refractivity contribution in [2.45, 2.75) is 341 Å². The number of hydrogen-bond acceptors (Lipinski definition) is 15. The molecule has 17 nitrogen and oxygen atoms in total. The molecule has 0 bridgehead atoms. The fourth-order valence-corrected chi connectivity index (χ4v) is 11.8. The Kier molecular flexibility index (Phi) is 69.9. The molecule has 0 spiro atoms. The number of phosphoric ester groups is 2. The fraction of sp³-hybridized carbons (Fsp3) is 0.728. The van der Waals surface area contributed by atoms with Crippen LogP contribution in [0.3, 0.4) is 0 Å². The third-order valence-electron chi connectivity index (χ3n) is 16.2. The van der Waals surface area contributed by atoms with Crippen LogP contribution in [0.1, 0.15) is 323 Å². The Balaban J connectivity index is 5.44. The first-order valence-electron chi connectivity index (χ1n) is 39.1. The van der Waals surface area contributed by atoms with Crippen molar-refractivity contribution in [1.29, 1.82) is 0 Å². The van der Waals surface area contributed by atoms with E-state index in [9.17, 15) is 43.2 Å². The topological polar surface area (TPSA) is 237 Å². The van der Waals surface area contributed by atoms with Gasteiger partial charge in [-0.1, -0.05) is 278 Å². The molecule has 19 heteroatoms. The molecule has 0 radical (unpaired) electrons. The summed E-state index contributed by atoms with van der Waals surface area (Å²) in [7, 11) is -9.98. The van der Waals surface area contributed by atoms with Crippen molar-refractivity contribution in [1.82, 2.24) is 0 Å². The summed E-state index contributed by atoms with van der Waals surface area (Å²) in [6.07, 6.45) is 78.0. The fourth-order valence-electron chi connectivity index (χ4n) is 10.2. The molecule has 0 saturated carbocycles. The largest absolute Gasteiger partial charge is 0.472 e. The van der Waals surface area contributed by atoms with Gasteiger partial charge in [-0.3, -0.25) is 37.3 Å². The molecule has 0 amide bonds. The van der Waals surface area contributed by atoms with Gasteiger partial charge in [-0.05, 0) is 128 Å². The Bertz CT molecular complexity index is 2320. The molecule has 0 rings (SSSR count). The van der Waals surface area contributed by atoms with E-state index in [0.29, 0.717) is 38.5 Å². The minimum Gasteiger partial charge on any atom is -0.462 e. The molecular weight excluding hydrogens is 1310 g/mol. The highest BCUT2D eigenvalue weighted by atomic mass is 31.2. The summed E-state index contributed by atoms with van der Waals surface area (Å²) in [6.45, 7) is 4.69. The van der Waals surface area contributed by atoms with Gasteiger partial charge in [0, 0.05) is 25.7 Å². The molecule has 0 aromatic heterocycles. The lowest BCUT2D eigenvalue weighted by atomic mass is 10.0. The SMILES string of the molecule is CCCCC/C=C\C/C=C\C/C=C\C/C=C\CCCC(=O)OC[C@H](COP(=O)(O)OC[C@@H](O)COP(=O)(O)OC[C@@H](COC(=O)CCCCCCC/C=C\CCCCCC)OC(=O)CCC/C=C\C/C=C\C/C=C\C/C=C\CCCCC)OC(=O)CCCCCCCCCCCCCCC. The minimum absolute atomic E-state index is 0.0161. The summed E-state index contributed by atoms with van der Waals surface area (Å²) < 4.78 is 68.4. The van der Waals surface area contributed by atoms with Gasteiger partial charge in [-0.2, -0.15) is 0 Å². The number of carbonyl (C=O) groups excluding carboxylic acids is 4.